The number of aliphatic carboxylic acids is 1. The van der Waals surface area contributed by atoms with Gasteiger partial charge in [-0.3, -0.25) is 9.59 Å². The van der Waals surface area contributed by atoms with Gasteiger partial charge in [0.2, 0.25) is 0 Å². The first kappa shape index (κ1) is 26.9. The minimum Gasteiger partial charge on any atom is -0.481 e. The lowest BCUT2D eigenvalue weighted by molar-refractivity contribution is -0.133. The van der Waals surface area contributed by atoms with E-state index in [0.717, 1.165) is 29.1 Å². The summed E-state index contributed by atoms with van der Waals surface area (Å²) in [7, 11) is 0. The molecule has 32 heavy (non-hydrogen) atoms. The van der Waals surface area contributed by atoms with E-state index in [2.05, 4.69) is 0 Å². The largest absolute Gasteiger partial charge is 0.481 e. The molecular formula is C24H34O6S2. The molecule has 1 aromatic rings. The first-order chi connectivity index (χ1) is 15.3. The second-order valence-electron chi connectivity index (χ2n) is 8.24. The fraction of sp³-hybridized carbons (Fsp3) is 0.583. The summed E-state index contributed by atoms with van der Waals surface area (Å²) in [5, 5.41) is 29.1. The van der Waals surface area contributed by atoms with Crippen molar-refractivity contribution < 1.29 is 29.6 Å². The first-order valence-electron chi connectivity index (χ1n) is 10.9. The van der Waals surface area contributed by atoms with Gasteiger partial charge in [0.1, 0.15) is 5.78 Å². The average molecular weight is 483 g/mol. The maximum Gasteiger partial charge on any atom is 0.313 e. The highest BCUT2D eigenvalue weighted by Gasteiger charge is 2.40. The van der Waals surface area contributed by atoms with E-state index in [1.54, 1.807) is 12.2 Å². The predicted molar refractivity (Wildman–Crippen MR) is 130 cm³/mol. The van der Waals surface area contributed by atoms with Gasteiger partial charge in [-0.1, -0.05) is 36.4 Å². The molecular weight excluding hydrogens is 448 g/mol. The molecule has 1 aliphatic rings. The van der Waals surface area contributed by atoms with Crippen molar-refractivity contribution in [1.82, 2.24) is 0 Å². The first-order valence-corrected chi connectivity index (χ1v) is 13.1. The van der Waals surface area contributed by atoms with Crippen LogP contribution < -0.4 is 0 Å². The number of carboxylic acid groups (broad SMARTS) is 1. The number of benzene rings is 1. The second kappa shape index (κ2) is 14.1. The fourth-order valence-electron chi connectivity index (χ4n) is 3.51. The molecule has 2 rings (SSSR count). The number of hydrogen-bond acceptors (Lipinski definition) is 7. The van der Waals surface area contributed by atoms with Gasteiger partial charge >= 0.3 is 5.97 Å². The lowest BCUT2D eigenvalue weighted by Crippen LogP contribution is -2.22. The summed E-state index contributed by atoms with van der Waals surface area (Å²) in [6.45, 7) is 4.51. The van der Waals surface area contributed by atoms with Crippen molar-refractivity contribution in [3.05, 3.63) is 47.5 Å². The second-order valence-corrected chi connectivity index (χ2v) is 10.6. The van der Waals surface area contributed by atoms with Crippen LogP contribution in [0, 0.1) is 5.92 Å². The van der Waals surface area contributed by atoms with E-state index in [4.69, 9.17) is 9.84 Å². The summed E-state index contributed by atoms with van der Waals surface area (Å²) in [5.41, 5.74) is 2.06. The van der Waals surface area contributed by atoms with Crippen LogP contribution in [0.5, 0.6) is 0 Å². The quantitative estimate of drug-likeness (QED) is 0.274. The van der Waals surface area contributed by atoms with Crippen LogP contribution in [0.4, 0.5) is 0 Å². The van der Waals surface area contributed by atoms with Gasteiger partial charge in [-0.05, 0) is 42.9 Å². The molecule has 3 unspecified atom stereocenters. The van der Waals surface area contributed by atoms with Crippen LogP contribution in [0.3, 0.4) is 0 Å². The van der Waals surface area contributed by atoms with Gasteiger partial charge in [-0.15, -0.1) is 11.8 Å². The van der Waals surface area contributed by atoms with Gasteiger partial charge in [-0.2, -0.15) is 11.8 Å². The molecule has 0 aromatic heterocycles. The van der Waals surface area contributed by atoms with Gasteiger partial charge in [-0.25, -0.2) is 0 Å². The molecule has 0 amide bonds. The normalized spacial score (nSPS) is 22.2. The van der Waals surface area contributed by atoms with Crippen molar-refractivity contribution in [2.75, 3.05) is 17.3 Å². The van der Waals surface area contributed by atoms with Crippen LogP contribution in [-0.2, 0) is 27.4 Å². The van der Waals surface area contributed by atoms with Crippen LogP contribution in [-0.4, -0.2) is 67.9 Å². The minimum atomic E-state index is -0.823. The van der Waals surface area contributed by atoms with Crippen LogP contribution in [0.1, 0.15) is 37.8 Å². The summed E-state index contributed by atoms with van der Waals surface area (Å²) in [6.07, 6.45) is 3.55. The monoisotopic (exact) mass is 482 g/mol. The summed E-state index contributed by atoms with van der Waals surface area (Å²) < 4.78 is 5.63. The van der Waals surface area contributed by atoms with Crippen molar-refractivity contribution in [1.29, 1.82) is 0 Å². The molecule has 1 saturated carbocycles. The van der Waals surface area contributed by atoms with Crippen LogP contribution in [0.25, 0.3) is 0 Å². The minimum absolute atomic E-state index is 0.0303. The Morgan fingerprint density at radius 2 is 2.03 bits per heavy atom. The van der Waals surface area contributed by atoms with E-state index in [9.17, 15) is 19.8 Å². The number of ether oxygens (including phenoxy) is 1. The van der Waals surface area contributed by atoms with E-state index in [-0.39, 0.29) is 35.2 Å². The summed E-state index contributed by atoms with van der Waals surface area (Å²) in [4.78, 5) is 22.9. The number of aliphatic hydroxyl groups is 2. The van der Waals surface area contributed by atoms with E-state index in [1.807, 2.05) is 38.1 Å². The molecule has 6 nitrogen and oxygen atoms in total. The third kappa shape index (κ3) is 9.67. The van der Waals surface area contributed by atoms with Crippen molar-refractivity contribution in [2.45, 2.75) is 63.3 Å². The van der Waals surface area contributed by atoms with E-state index >= 15 is 0 Å². The Labute approximate surface area is 198 Å². The number of rotatable bonds is 14. The maximum absolute atomic E-state index is 12.3. The Morgan fingerprint density at radius 1 is 1.28 bits per heavy atom. The SMILES string of the molecule is CC(C)OCc1cccc(CC(O)C=C[C@H]2C(O)CC(=O)C2SCCCSCC(=O)O)c1. The molecule has 0 spiro atoms. The van der Waals surface area contributed by atoms with Crippen LogP contribution in [0.15, 0.2) is 36.4 Å². The Morgan fingerprint density at radius 3 is 2.75 bits per heavy atom. The topological polar surface area (TPSA) is 104 Å². The zero-order chi connectivity index (χ0) is 23.5. The Bertz CT molecular complexity index is 767. The summed E-state index contributed by atoms with van der Waals surface area (Å²) in [5.74, 6) is 0.429. The number of carbonyl (C=O) groups excluding carboxylic acids is 1. The molecule has 0 aliphatic heterocycles. The predicted octanol–water partition coefficient (Wildman–Crippen LogP) is 3.33. The average Bonchev–Trinajstić information content (AvgIpc) is 2.99. The van der Waals surface area contributed by atoms with Gasteiger partial charge < -0.3 is 20.1 Å². The maximum atomic E-state index is 12.3. The van der Waals surface area contributed by atoms with E-state index < -0.39 is 18.2 Å². The number of carbonyl (C=O) groups is 2. The third-order valence-corrected chi connectivity index (χ3v) is 7.54. The highest BCUT2D eigenvalue weighted by molar-refractivity contribution is 8.01. The number of thioether (sulfide) groups is 2. The molecule has 0 heterocycles. The van der Waals surface area contributed by atoms with Gasteiger partial charge in [0.25, 0.3) is 0 Å². The molecule has 4 atom stereocenters. The molecule has 0 bridgehead atoms. The highest BCUT2D eigenvalue weighted by Crippen LogP contribution is 2.34. The van der Waals surface area contributed by atoms with Crippen LogP contribution >= 0.6 is 23.5 Å². The Kier molecular flexibility index (Phi) is 11.8. The zero-order valence-corrected chi connectivity index (χ0v) is 20.3. The molecule has 1 aromatic carbocycles. The molecule has 0 saturated heterocycles. The Hall–Kier alpha value is -1.32. The third-order valence-electron chi connectivity index (χ3n) is 5.05. The number of carboxylic acids is 1. The number of hydrogen-bond donors (Lipinski definition) is 3. The molecule has 3 N–H and O–H groups in total. The number of aliphatic hydroxyl groups excluding tert-OH is 2. The van der Waals surface area contributed by atoms with Crippen LogP contribution in [0.2, 0.25) is 0 Å². The molecule has 0 radical (unpaired) electrons. The summed E-state index contributed by atoms with van der Waals surface area (Å²) in [6, 6.07) is 7.93. The van der Waals surface area contributed by atoms with Crippen molar-refractivity contribution >= 4 is 35.3 Å². The van der Waals surface area contributed by atoms with Crippen molar-refractivity contribution in [2.24, 2.45) is 5.92 Å². The van der Waals surface area contributed by atoms with Gasteiger partial charge in [0.15, 0.2) is 0 Å². The van der Waals surface area contributed by atoms with Gasteiger partial charge in [0, 0.05) is 18.8 Å². The number of ketones is 1. The highest BCUT2D eigenvalue weighted by atomic mass is 32.2. The molecule has 1 fully saturated rings. The van der Waals surface area contributed by atoms with E-state index in [0.29, 0.717) is 13.0 Å². The smallest absolute Gasteiger partial charge is 0.313 e. The Balaban J connectivity index is 1.85. The lowest BCUT2D eigenvalue weighted by atomic mass is 10.0. The van der Waals surface area contributed by atoms with Crippen molar-refractivity contribution in [3.8, 4) is 0 Å². The summed E-state index contributed by atoms with van der Waals surface area (Å²) >= 11 is 2.88. The standard InChI is InChI=1S/C24H34O6S2/c1-16(2)30-14-18-6-3-5-17(11-18)12-19(25)7-8-20-21(26)13-22(27)24(20)32-10-4-9-31-15-23(28)29/h3,5-8,11,16,19-21,24-26H,4,9-10,12-15H2,1-2H3,(H,28,29)/t19?,20-,21?,24?/m0/s1. The molecule has 8 heteroatoms. The van der Waals surface area contributed by atoms with Gasteiger partial charge in [0.05, 0.1) is 35.9 Å². The fourth-order valence-corrected chi connectivity index (χ4v) is 5.71. The lowest BCUT2D eigenvalue weighted by Gasteiger charge is -2.18. The molecule has 1 aliphatic carbocycles. The molecule has 178 valence electrons. The number of Topliss-reactive ketones (excluding diaryl/α,β-unsaturated/α-hetero) is 1. The zero-order valence-electron chi connectivity index (χ0n) is 18.7. The van der Waals surface area contributed by atoms with Crippen molar-refractivity contribution in [3.63, 3.8) is 0 Å². The van der Waals surface area contributed by atoms with E-state index in [1.165, 1.54) is 23.5 Å².